The van der Waals surface area contributed by atoms with Crippen LogP contribution in [0.3, 0.4) is 0 Å². The first-order chi connectivity index (χ1) is 9.54. The number of hydrogen-bond donors (Lipinski definition) is 1. The highest BCUT2D eigenvalue weighted by molar-refractivity contribution is 5.79. The van der Waals surface area contributed by atoms with Crippen molar-refractivity contribution < 1.29 is 9.53 Å². The number of rotatable bonds is 6. The minimum Gasteiger partial charge on any atom is -0.494 e. The summed E-state index contributed by atoms with van der Waals surface area (Å²) in [6.45, 7) is 7.08. The zero-order valence-electron chi connectivity index (χ0n) is 12.7. The molecule has 1 amide bonds. The lowest BCUT2D eigenvalue weighted by Crippen LogP contribution is -2.44. The summed E-state index contributed by atoms with van der Waals surface area (Å²) in [5.41, 5.74) is 1.09. The first kappa shape index (κ1) is 14.9. The maximum Gasteiger partial charge on any atom is 0.220 e. The average Bonchev–Trinajstić information content (AvgIpc) is 2.72. The molecule has 1 unspecified atom stereocenters. The molecule has 3 heteroatoms. The first-order valence-electron chi connectivity index (χ1n) is 7.56. The molecule has 1 aromatic rings. The fourth-order valence-electron chi connectivity index (χ4n) is 3.22. The fourth-order valence-corrected chi connectivity index (χ4v) is 3.22. The number of hydrogen-bond acceptors (Lipinski definition) is 2. The molecule has 1 aromatic carbocycles. The number of benzene rings is 1. The summed E-state index contributed by atoms with van der Waals surface area (Å²) >= 11 is 0. The van der Waals surface area contributed by atoms with Gasteiger partial charge in [-0.15, -0.1) is 0 Å². The van der Waals surface area contributed by atoms with E-state index in [2.05, 4.69) is 25.2 Å². The van der Waals surface area contributed by atoms with E-state index < -0.39 is 0 Å². The van der Waals surface area contributed by atoms with Crippen LogP contribution in [0.1, 0.15) is 45.6 Å². The zero-order chi connectivity index (χ0) is 14.6. The lowest BCUT2D eigenvalue weighted by atomic mass is 9.82. The van der Waals surface area contributed by atoms with E-state index in [0.717, 1.165) is 25.0 Å². The second-order valence-electron chi connectivity index (χ2n) is 6.14. The summed E-state index contributed by atoms with van der Waals surface area (Å²) in [7, 11) is 0. The van der Waals surface area contributed by atoms with Gasteiger partial charge in [0.25, 0.3) is 0 Å². The van der Waals surface area contributed by atoms with Crippen LogP contribution < -0.4 is 10.1 Å². The third-order valence-corrected chi connectivity index (χ3v) is 3.84. The smallest absolute Gasteiger partial charge is 0.220 e. The second kappa shape index (κ2) is 6.29. The molecule has 1 saturated heterocycles. The normalized spacial score (nSPS) is 22.1. The van der Waals surface area contributed by atoms with Gasteiger partial charge >= 0.3 is 0 Å². The third kappa shape index (κ3) is 3.53. The van der Waals surface area contributed by atoms with Gasteiger partial charge < -0.3 is 10.1 Å². The van der Waals surface area contributed by atoms with Crippen LogP contribution in [0.4, 0.5) is 0 Å². The Labute approximate surface area is 121 Å². The van der Waals surface area contributed by atoms with Gasteiger partial charge in [0.05, 0.1) is 6.61 Å². The van der Waals surface area contributed by atoms with Crippen molar-refractivity contribution in [3.8, 4) is 5.75 Å². The topological polar surface area (TPSA) is 38.3 Å². The predicted octanol–water partition coefficient (Wildman–Crippen LogP) is 3.32. The molecule has 0 aromatic heterocycles. The van der Waals surface area contributed by atoms with E-state index in [1.807, 2.05) is 25.1 Å². The molecular formula is C17H25NO2. The number of carbonyl (C=O) groups is 1. The van der Waals surface area contributed by atoms with E-state index >= 15 is 0 Å². The van der Waals surface area contributed by atoms with Crippen LogP contribution in [0.5, 0.6) is 5.75 Å². The number of amides is 1. The summed E-state index contributed by atoms with van der Waals surface area (Å²) in [6.07, 6.45) is 3.43. The molecule has 3 nitrogen and oxygen atoms in total. The lowest BCUT2D eigenvalue weighted by molar-refractivity contribution is -0.119. The van der Waals surface area contributed by atoms with E-state index in [4.69, 9.17) is 4.74 Å². The monoisotopic (exact) mass is 275 g/mol. The Bertz CT molecular complexity index is 470. The van der Waals surface area contributed by atoms with Gasteiger partial charge in [0.1, 0.15) is 5.75 Å². The van der Waals surface area contributed by atoms with Gasteiger partial charge in [-0.25, -0.2) is 0 Å². The standard InChI is InChI=1S/C17H25NO2/c1-4-20-15-8-6-5-7-14(15)12-17(11-13(2)3)10-9-16(19)18-17/h5-8,13H,4,9-12H2,1-3H3,(H,18,19). The van der Waals surface area contributed by atoms with Gasteiger partial charge in [-0.3, -0.25) is 4.79 Å². The molecule has 1 atom stereocenters. The minimum atomic E-state index is -0.0988. The van der Waals surface area contributed by atoms with E-state index in [0.29, 0.717) is 18.9 Å². The van der Waals surface area contributed by atoms with Crippen molar-refractivity contribution in [3.05, 3.63) is 29.8 Å². The highest BCUT2D eigenvalue weighted by atomic mass is 16.5. The molecule has 2 rings (SSSR count). The van der Waals surface area contributed by atoms with Gasteiger partial charge in [-0.1, -0.05) is 32.0 Å². The molecule has 0 bridgehead atoms. The van der Waals surface area contributed by atoms with Crippen molar-refractivity contribution in [1.82, 2.24) is 5.32 Å². The van der Waals surface area contributed by atoms with Crippen LogP contribution in [0.2, 0.25) is 0 Å². The Balaban J connectivity index is 2.22. The summed E-state index contributed by atoms with van der Waals surface area (Å²) in [4.78, 5) is 11.7. The van der Waals surface area contributed by atoms with Gasteiger partial charge in [-0.05, 0) is 43.7 Å². The number of para-hydroxylation sites is 1. The van der Waals surface area contributed by atoms with Crippen LogP contribution in [-0.4, -0.2) is 18.1 Å². The van der Waals surface area contributed by atoms with Crippen molar-refractivity contribution in [1.29, 1.82) is 0 Å². The highest BCUT2D eigenvalue weighted by Gasteiger charge is 2.38. The summed E-state index contributed by atoms with van der Waals surface area (Å²) < 4.78 is 5.71. The van der Waals surface area contributed by atoms with Gasteiger partial charge in [0.15, 0.2) is 0 Å². The van der Waals surface area contributed by atoms with Crippen LogP contribution in [0.15, 0.2) is 24.3 Å². The largest absolute Gasteiger partial charge is 0.494 e. The molecule has 20 heavy (non-hydrogen) atoms. The van der Waals surface area contributed by atoms with Crippen LogP contribution in [0, 0.1) is 5.92 Å². The van der Waals surface area contributed by atoms with Crippen molar-refractivity contribution in [2.75, 3.05) is 6.61 Å². The lowest BCUT2D eigenvalue weighted by Gasteiger charge is -2.31. The van der Waals surface area contributed by atoms with Crippen molar-refractivity contribution in [2.45, 2.75) is 52.0 Å². The predicted molar refractivity (Wildman–Crippen MR) is 80.9 cm³/mol. The van der Waals surface area contributed by atoms with Gasteiger partial charge in [0.2, 0.25) is 5.91 Å². The number of nitrogens with one attached hydrogen (secondary N) is 1. The molecule has 0 spiro atoms. The molecule has 1 aliphatic rings. The molecule has 1 N–H and O–H groups in total. The molecule has 0 radical (unpaired) electrons. The van der Waals surface area contributed by atoms with Gasteiger partial charge in [-0.2, -0.15) is 0 Å². The summed E-state index contributed by atoms with van der Waals surface area (Å²) in [5.74, 6) is 1.69. The Morgan fingerprint density at radius 1 is 1.35 bits per heavy atom. The summed E-state index contributed by atoms with van der Waals surface area (Å²) in [5, 5.41) is 3.22. The van der Waals surface area contributed by atoms with Crippen LogP contribution in [-0.2, 0) is 11.2 Å². The van der Waals surface area contributed by atoms with Crippen LogP contribution >= 0.6 is 0 Å². The molecule has 0 saturated carbocycles. The molecule has 1 aliphatic heterocycles. The maximum atomic E-state index is 11.7. The first-order valence-corrected chi connectivity index (χ1v) is 7.56. The molecule has 110 valence electrons. The quantitative estimate of drug-likeness (QED) is 0.865. The zero-order valence-corrected chi connectivity index (χ0v) is 12.7. The molecular weight excluding hydrogens is 250 g/mol. The molecule has 1 fully saturated rings. The van der Waals surface area contributed by atoms with E-state index in [9.17, 15) is 4.79 Å². The number of ether oxygens (including phenoxy) is 1. The Morgan fingerprint density at radius 2 is 2.10 bits per heavy atom. The second-order valence-corrected chi connectivity index (χ2v) is 6.14. The van der Waals surface area contributed by atoms with Gasteiger partial charge in [0, 0.05) is 12.0 Å². The van der Waals surface area contributed by atoms with E-state index in [-0.39, 0.29) is 11.4 Å². The number of carbonyl (C=O) groups excluding carboxylic acids is 1. The highest BCUT2D eigenvalue weighted by Crippen LogP contribution is 2.33. The van der Waals surface area contributed by atoms with E-state index in [1.54, 1.807) is 0 Å². The SMILES string of the molecule is CCOc1ccccc1CC1(CC(C)C)CCC(=O)N1. The average molecular weight is 275 g/mol. The van der Waals surface area contributed by atoms with E-state index in [1.165, 1.54) is 5.56 Å². The maximum absolute atomic E-state index is 11.7. The third-order valence-electron chi connectivity index (χ3n) is 3.84. The van der Waals surface area contributed by atoms with Crippen molar-refractivity contribution >= 4 is 5.91 Å². The minimum absolute atomic E-state index is 0.0988. The van der Waals surface area contributed by atoms with Crippen LogP contribution in [0.25, 0.3) is 0 Å². The van der Waals surface area contributed by atoms with Crippen molar-refractivity contribution in [3.63, 3.8) is 0 Å². The Hall–Kier alpha value is -1.51. The molecule has 0 aliphatic carbocycles. The Morgan fingerprint density at radius 3 is 2.70 bits per heavy atom. The molecule has 1 heterocycles. The fraction of sp³-hybridized carbons (Fsp3) is 0.588. The Kier molecular flexibility index (Phi) is 4.69. The van der Waals surface area contributed by atoms with Crippen molar-refractivity contribution in [2.24, 2.45) is 5.92 Å². The summed E-state index contributed by atoms with van der Waals surface area (Å²) in [6, 6.07) is 8.16.